The van der Waals surface area contributed by atoms with Crippen LogP contribution in [0.3, 0.4) is 0 Å². The molecule has 124 valence electrons. The third-order valence-electron chi connectivity index (χ3n) is 4.10. The number of likely N-dealkylation sites (tertiary alicyclic amines) is 1. The number of aryl methyl sites for hydroxylation is 2. The molecule has 1 aliphatic heterocycles. The summed E-state index contributed by atoms with van der Waals surface area (Å²) in [7, 11) is 0. The lowest BCUT2D eigenvalue weighted by Crippen LogP contribution is -2.39. The Hall–Kier alpha value is -1.76. The van der Waals surface area contributed by atoms with Crippen molar-refractivity contribution >= 4 is 17.2 Å². The summed E-state index contributed by atoms with van der Waals surface area (Å²) in [4.78, 5) is 24.4. The van der Waals surface area contributed by atoms with Crippen LogP contribution in [-0.4, -0.2) is 39.0 Å². The van der Waals surface area contributed by atoms with Gasteiger partial charge in [-0.2, -0.15) is 4.98 Å². The van der Waals surface area contributed by atoms with Gasteiger partial charge >= 0.3 is 0 Å². The highest BCUT2D eigenvalue weighted by Gasteiger charge is 2.30. The Morgan fingerprint density at radius 2 is 2.13 bits per heavy atom. The van der Waals surface area contributed by atoms with E-state index >= 15 is 0 Å². The van der Waals surface area contributed by atoms with Gasteiger partial charge in [0, 0.05) is 19.0 Å². The second-order valence-electron chi connectivity index (χ2n) is 6.39. The van der Waals surface area contributed by atoms with Crippen molar-refractivity contribution in [2.45, 2.75) is 52.4 Å². The molecule has 0 unspecified atom stereocenters. The first-order valence-electron chi connectivity index (χ1n) is 8.02. The van der Waals surface area contributed by atoms with Gasteiger partial charge in [0.15, 0.2) is 5.82 Å². The molecule has 6 nitrogen and oxygen atoms in total. The van der Waals surface area contributed by atoms with E-state index in [-0.39, 0.29) is 11.8 Å². The molecule has 1 saturated heterocycles. The second-order valence-corrected chi connectivity index (χ2v) is 7.42. The maximum Gasteiger partial charge on any atom is 0.265 e. The summed E-state index contributed by atoms with van der Waals surface area (Å²) in [6.45, 7) is 9.33. The number of amides is 1. The molecule has 0 bridgehead atoms. The Labute approximate surface area is 139 Å². The van der Waals surface area contributed by atoms with Crippen LogP contribution in [0, 0.1) is 13.8 Å². The van der Waals surface area contributed by atoms with Crippen LogP contribution in [0.1, 0.15) is 70.6 Å². The van der Waals surface area contributed by atoms with Gasteiger partial charge in [-0.1, -0.05) is 19.0 Å². The Morgan fingerprint density at radius 3 is 2.74 bits per heavy atom. The average molecular weight is 334 g/mol. The topological polar surface area (TPSA) is 72.1 Å². The Kier molecular flexibility index (Phi) is 4.48. The molecule has 3 heterocycles. The molecule has 1 atom stereocenters. The molecule has 23 heavy (non-hydrogen) atoms. The molecule has 0 aliphatic carbocycles. The van der Waals surface area contributed by atoms with Gasteiger partial charge in [0.25, 0.3) is 5.91 Å². The van der Waals surface area contributed by atoms with Crippen LogP contribution in [0.4, 0.5) is 0 Å². The van der Waals surface area contributed by atoms with Gasteiger partial charge in [-0.05, 0) is 26.7 Å². The van der Waals surface area contributed by atoms with Gasteiger partial charge in [0.05, 0.1) is 16.6 Å². The average Bonchev–Trinajstić information content (AvgIpc) is 3.13. The molecule has 2 aromatic heterocycles. The number of carbonyl (C=O) groups is 1. The monoisotopic (exact) mass is 334 g/mol. The van der Waals surface area contributed by atoms with Gasteiger partial charge in [-0.25, -0.2) is 4.98 Å². The number of carbonyl (C=O) groups excluding carboxylic acids is 1. The van der Waals surface area contributed by atoms with Crippen LogP contribution >= 0.6 is 11.3 Å². The van der Waals surface area contributed by atoms with Crippen LogP contribution in [-0.2, 0) is 0 Å². The van der Waals surface area contributed by atoms with E-state index in [1.165, 1.54) is 11.3 Å². The summed E-state index contributed by atoms with van der Waals surface area (Å²) in [5.41, 5.74) is 0.833. The molecule has 0 spiro atoms. The molecule has 7 heteroatoms. The smallest absolute Gasteiger partial charge is 0.265 e. The van der Waals surface area contributed by atoms with Crippen molar-refractivity contribution in [3.8, 4) is 0 Å². The van der Waals surface area contributed by atoms with Gasteiger partial charge in [0.2, 0.25) is 5.89 Å². The normalized spacial score (nSPS) is 18.7. The molecule has 1 aliphatic rings. The number of hydrogen-bond acceptors (Lipinski definition) is 6. The SMILES string of the molecule is Cc1noc([C@@H]2CCCN(C(=O)c3sc(C(C)C)nc3C)C2)n1. The summed E-state index contributed by atoms with van der Waals surface area (Å²) >= 11 is 1.52. The van der Waals surface area contributed by atoms with E-state index in [0.29, 0.717) is 24.2 Å². The van der Waals surface area contributed by atoms with Crippen molar-refractivity contribution in [2.75, 3.05) is 13.1 Å². The van der Waals surface area contributed by atoms with Gasteiger partial charge in [0.1, 0.15) is 4.88 Å². The van der Waals surface area contributed by atoms with Gasteiger partial charge < -0.3 is 9.42 Å². The van der Waals surface area contributed by atoms with Gasteiger partial charge in [-0.3, -0.25) is 4.79 Å². The molecule has 0 aromatic carbocycles. The van der Waals surface area contributed by atoms with Crippen LogP contribution in [0.2, 0.25) is 0 Å². The van der Waals surface area contributed by atoms with Crippen LogP contribution < -0.4 is 0 Å². The van der Waals surface area contributed by atoms with Crippen molar-refractivity contribution in [3.05, 3.63) is 27.3 Å². The number of piperidine rings is 1. The summed E-state index contributed by atoms with van der Waals surface area (Å²) in [5, 5.41) is 4.88. The fourth-order valence-electron chi connectivity index (χ4n) is 2.85. The quantitative estimate of drug-likeness (QED) is 0.861. The first-order valence-corrected chi connectivity index (χ1v) is 8.84. The second kappa shape index (κ2) is 6.39. The lowest BCUT2D eigenvalue weighted by Gasteiger charge is -2.30. The lowest BCUT2D eigenvalue weighted by molar-refractivity contribution is 0.0699. The predicted octanol–water partition coefficient (Wildman–Crippen LogP) is 3.29. The summed E-state index contributed by atoms with van der Waals surface area (Å²) in [5.74, 6) is 1.84. The van der Waals surface area contributed by atoms with Crippen LogP contribution in [0.5, 0.6) is 0 Å². The number of rotatable bonds is 3. The van der Waals surface area contributed by atoms with E-state index in [4.69, 9.17) is 4.52 Å². The summed E-state index contributed by atoms with van der Waals surface area (Å²) < 4.78 is 5.29. The minimum Gasteiger partial charge on any atom is -0.339 e. The third kappa shape index (κ3) is 3.29. The molecule has 0 N–H and O–H groups in total. The maximum absolute atomic E-state index is 12.9. The fraction of sp³-hybridized carbons (Fsp3) is 0.625. The highest BCUT2D eigenvalue weighted by Crippen LogP contribution is 2.30. The number of aromatic nitrogens is 3. The van der Waals surface area contributed by atoms with E-state index in [1.807, 2.05) is 18.7 Å². The number of thiazole rings is 1. The van der Waals surface area contributed by atoms with Crippen LogP contribution in [0.25, 0.3) is 0 Å². The Bertz CT molecular complexity index is 707. The third-order valence-corrected chi connectivity index (χ3v) is 5.55. The lowest BCUT2D eigenvalue weighted by atomic mass is 9.98. The minimum atomic E-state index is 0.0767. The molecule has 2 aromatic rings. The van der Waals surface area contributed by atoms with Gasteiger partial charge in [-0.15, -0.1) is 11.3 Å². The molecule has 0 radical (unpaired) electrons. The molecular formula is C16H22N4O2S. The molecule has 1 amide bonds. The zero-order chi connectivity index (χ0) is 16.6. The first-order chi connectivity index (χ1) is 11.0. The first kappa shape index (κ1) is 16.1. The fourth-order valence-corrected chi connectivity index (χ4v) is 3.89. The summed E-state index contributed by atoms with van der Waals surface area (Å²) in [6, 6.07) is 0. The Balaban J connectivity index is 1.77. The Morgan fingerprint density at radius 1 is 1.35 bits per heavy atom. The van der Waals surface area contributed by atoms with Crippen molar-refractivity contribution < 1.29 is 9.32 Å². The van der Waals surface area contributed by atoms with Crippen molar-refractivity contribution in [3.63, 3.8) is 0 Å². The van der Waals surface area contributed by atoms with E-state index in [2.05, 4.69) is 29.0 Å². The van der Waals surface area contributed by atoms with E-state index in [1.54, 1.807) is 0 Å². The van der Waals surface area contributed by atoms with E-state index < -0.39 is 0 Å². The number of nitrogens with zero attached hydrogens (tertiary/aromatic N) is 4. The summed E-state index contributed by atoms with van der Waals surface area (Å²) in [6.07, 6.45) is 1.93. The maximum atomic E-state index is 12.9. The minimum absolute atomic E-state index is 0.0767. The highest BCUT2D eigenvalue weighted by atomic mass is 32.1. The zero-order valence-electron chi connectivity index (χ0n) is 14.0. The largest absolute Gasteiger partial charge is 0.339 e. The highest BCUT2D eigenvalue weighted by molar-refractivity contribution is 7.13. The van der Waals surface area contributed by atoms with Crippen LogP contribution in [0.15, 0.2) is 4.52 Å². The van der Waals surface area contributed by atoms with Crippen molar-refractivity contribution in [2.24, 2.45) is 0 Å². The van der Waals surface area contributed by atoms with Crippen molar-refractivity contribution in [1.29, 1.82) is 0 Å². The molecule has 3 rings (SSSR count). The molecular weight excluding hydrogens is 312 g/mol. The molecule has 0 saturated carbocycles. The zero-order valence-corrected chi connectivity index (χ0v) is 14.8. The predicted molar refractivity (Wildman–Crippen MR) is 87.9 cm³/mol. The standard InChI is InChI=1S/C16H22N4O2S/c1-9(2)15-17-10(3)13(23-15)16(21)20-7-5-6-12(8-20)14-18-11(4)19-22-14/h9,12H,5-8H2,1-4H3/t12-/m1/s1. The van der Waals surface area contributed by atoms with Crippen molar-refractivity contribution in [1.82, 2.24) is 20.0 Å². The van der Waals surface area contributed by atoms with E-state index in [0.717, 1.165) is 35.0 Å². The molecule has 1 fully saturated rings. The van der Waals surface area contributed by atoms with E-state index in [9.17, 15) is 4.79 Å². The number of hydrogen-bond donors (Lipinski definition) is 0.